The number of hydrogen-bond acceptors (Lipinski definition) is 4. The first-order valence-corrected chi connectivity index (χ1v) is 8.43. The minimum absolute atomic E-state index is 0.0268. The zero-order valence-electron chi connectivity index (χ0n) is 12.9. The van der Waals surface area contributed by atoms with Crippen LogP contribution in [0, 0.1) is 0 Å². The van der Waals surface area contributed by atoms with Crippen molar-refractivity contribution in [2.45, 2.75) is 32.8 Å². The summed E-state index contributed by atoms with van der Waals surface area (Å²) in [4.78, 5) is 0. The number of halogens is 2. The van der Waals surface area contributed by atoms with E-state index in [9.17, 15) is 13.3 Å². The normalized spacial score (nSPS) is 15.4. The van der Waals surface area contributed by atoms with E-state index in [1.54, 1.807) is 38.1 Å². The first-order valence-electron chi connectivity index (χ1n) is 6.97. The van der Waals surface area contributed by atoms with E-state index < -0.39 is 19.8 Å². The quantitative estimate of drug-likeness (QED) is 0.601. The lowest BCUT2D eigenvalue weighted by molar-refractivity contribution is -0.0537. The van der Waals surface area contributed by atoms with Gasteiger partial charge in [0.2, 0.25) is 0 Å². The van der Waals surface area contributed by atoms with Crippen LogP contribution in [0.15, 0.2) is 36.4 Å². The first-order chi connectivity index (χ1) is 10.4. The topological polar surface area (TPSA) is 44.8 Å². The standard InChI is InChI=1S/C15H21F2O4P/c1-4-19-22(18,20-5-2)21-15(3,14(16)17)12-11-13-9-7-6-8-10-13/h6-12,14H,4-5H2,1-3H3/b12-11+. The van der Waals surface area contributed by atoms with E-state index in [4.69, 9.17) is 13.6 Å². The van der Waals surface area contributed by atoms with E-state index in [0.29, 0.717) is 0 Å². The van der Waals surface area contributed by atoms with Gasteiger partial charge in [0.1, 0.15) is 0 Å². The molecule has 0 saturated heterocycles. The Bertz CT molecular complexity index is 512. The van der Waals surface area contributed by atoms with Crippen molar-refractivity contribution in [2.24, 2.45) is 0 Å². The van der Waals surface area contributed by atoms with Crippen LogP contribution in [-0.2, 0) is 18.1 Å². The van der Waals surface area contributed by atoms with Crippen LogP contribution < -0.4 is 0 Å². The lowest BCUT2D eigenvalue weighted by Gasteiger charge is -2.29. The maximum atomic E-state index is 13.4. The monoisotopic (exact) mass is 334 g/mol. The second-order valence-corrected chi connectivity index (χ2v) is 6.20. The summed E-state index contributed by atoms with van der Waals surface area (Å²) >= 11 is 0. The van der Waals surface area contributed by atoms with Crippen molar-refractivity contribution in [3.8, 4) is 0 Å². The Kier molecular flexibility index (Phi) is 7.36. The highest BCUT2D eigenvalue weighted by Gasteiger charge is 2.42. The molecule has 124 valence electrons. The van der Waals surface area contributed by atoms with Crippen molar-refractivity contribution in [2.75, 3.05) is 13.2 Å². The predicted molar refractivity (Wildman–Crippen MR) is 81.8 cm³/mol. The third-order valence-electron chi connectivity index (χ3n) is 2.72. The van der Waals surface area contributed by atoms with Gasteiger partial charge < -0.3 is 0 Å². The molecule has 0 radical (unpaired) electrons. The van der Waals surface area contributed by atoms with Crippen molar-refractivity contribution in [3.05, 3.63) is 42.0 Å². The van der Waals surface area contributed by atoms with Crippen LogP contribution >= 0.6 is 7.82 Å². The smallest absolute Gasteiger partial charge is 0.287 e. The van der Waals surface area contributed by atoms with Gasteiger partial charge in [0.05, 0.1) is 13.2 Å². The molecule has 0 heterocycles. The Morgan fingerprint density at radius 3 is 2.18 bits per heavy atom. The first kappa shape index (κ1) is 19.0. The highest BCUT2D eigenvalue weighted by molar-refractivity contribution is 7.48. The second-order valence-electron chi connectivity index (χ2n) is 4.60. The van der Waals surface area contributed by atoms with E-state index >= 15 is 0 Å². The molecule has 1 rings (SSSR count). The fourth-order valence-corrected chi connectivity index (χ4v) is 3.05. The van der Waals surface area contributed by atoms with Gasteiger partial charge in [-0.2, -0.15) is 0 Å². The Balaban J connectivity index is 2.99. The summed E-state index contributed by atoms with van der Waals surface area (Å²) in [6.45, 7) is 4.35. The highest BCUT2D eigenvalue weighted by atomic mass is 31.2. The fraction of sp³-hybridized carbons (Fsp3) is 0.467. The summed E-state index contributed by atoms with van der Waals surface area (Å²) in [7, 11) is -4.05. The maximum Gasteiger partial charge on any atom is 0.475 e. The van der Waals surface area contributed by atoms with Gasteiger partial charge in [-0.1, -0.05) is 36.4 Å². The number of benzene rings is 1. The van der Waals surface area contributed by atoms with Crippen molar-refractivity contribution < 1.29 is 26.9 Å². The maximum absolute atomic E-state index is 13.4. The van der Waals surface area contributed by atoms with E-state index in [-0.39, 0.29) is 13.2 Å². The molecule has 0 aliphatic rings. The molecule has 22 heavy (non-hydrogen) atoms. The molecule has 0 N–H and O–H groups in total. The second kappa shape index (κ2) is 8.53. The molecule has 0 aliphatic carbocycles. The van der Waals surface area contributed by atoms with Crippen molar-refractivity contribution in [3.63, 3.8) is 0 Å². The van der Waals surface area contributed by atoms with Crippen molar-refractivity contribution >= 4 is 13.9 Å². The summed E-state index contributed by atoms with van der Waals surface area (Å²) in [5.74, 6) is 0. The van der Waals surface area contributed by atoms with Gasteiger partial charge in [-0.05, 0) is 32.4 Å². The van der Waals surface area contributed by atoms with Crippen LogP contribution in [0.1, 0.15) is 26.3 Å². The van der Waals surface area contributed by atoms with Gasteiger partial charge in [0.25, 0.3) is 6.43 Å². The van der Waals surface area contributed by atoms with Crippen molar-refractivity contribution in [1.29, 1.82) is 0 Å². The Morgan fingerprint density at radius 2 is 1.73 bits per heavy atom. The molecule has 4 nitrogen and oxygen atoms in total. The largest absolute Gasteiger partial charge is 0.475 e. The molecule has 0 amide bonds. The van der Waals surface area contributed by atoms with Gasteiger partial charge in [-0.3, -0.25) is 13.6 Å². The van der Waals surface area contributed by atoms with Crippen LogP contribution in [0.3, 0.4) is 0 Å². The minimum atomic E-state index is -4.05. The summed E-state index contributed by atoms with van der Waals surface area (Å²) in [5.41, 5.74) is -1.36. The molecule has 1 unspecified atom stereocenters. The van der Waals surface area contributed by atoms with Crippen LogP contribution in [0.25, 0.3) is 6.08 Å². The third-order valence-corrected chi connectivity index (χ3v) is 4.49. The van der Waals surface area contributed by atoms with Crippen LogP contribution in [-0.4, -0.2) is 25.2 Å². The summed E-state index contributed by atoms with van der Waals surface area (Å²) in [5, 5.41) is 0. The van der Waals surface area contributed by atoms with Crippen LogP contribution in [0.5, 0.6) is 0 Å². The summed E-state index contributed by atoms with van der Waals surface area (Å²) in [6.07, 6.45) is -0.256. The number of alkyl halides is 2. The predicted octanol–water partition coefficient (Wildman–Crippen LogP) is 4.92. The Labute approximate surface area is 129 Å². The molecular weight excluding hydrogens is 313 g/mol. The molecule has 1 aromatic carbocycles. The van der Waals surface area contributed by atoms with Crippen molar-refractivity contribution in [1.82, 2.24) is 0 Å². The minimum Gasteiger partial charge on any atom is -0.287 e. The number of phosphoric ester groups is 1. The van der Waals surface area contributed by atoms with Gasteiger partial charge in [-0.25, -0.2) is 13.3 Å². The molecular formula is C15H21F2O4P. The molecule has 0 saturated carbocycles. The average molecular weight is 334 g/mol. The third kappa shape index (κ3) is 5.61. The van der Waals surface area contributed by atoms with E-state index in [1.165, 1.54) is 6.08 Å². The number of hydrogen-bond donors (Lipinski definition) is 0. The Hall–Kier alpha value is -1.07. The Morgan fingerprint density at radius 1 is 1.18 bits per heavy atom. The summed E-state index contributed by atoms with van der Waals surface area (Å²) < 4.78 is 54.0. The molecule has 1 atom stereocenters. The van der Waals surface area contributed by atoms with Crippen LogP contribution in [0.2, 0.25) is 0 Å². The highest BCUT2D eigenvalue weighted by Crippen LogP contribution is 2.53. The zero-order valence-corrected chi connectivity index (χ0v) is 13.8. The number of phosphoric acid groups is 1. The molecule has 0 spiro atoms. The fourth-order valence-electron chi connectivity index (χ4n) is 1.62. The van der Waals surface area contributed by atoms with E-state index in [2.05, 4.69) is 0 Å². The molecule has 0 aliphatic heterocycles. The lowest BCUT2D eigenvalue weighted by atomic mass is 10.1. The SMILES string of the molecule is CCOP(=O)(OCC)OC(C)(/C=C/c1ccccc1)C(F)F. The molecule has 0 aromatic heterocycles. The molecule has 1 aromatic rings. The number of rotatable bonds is 9. The van der Waals surface area contributed by atoms with Gasteiger partial charge in [-0.15, -0.1) is 0 Å². The van der Waals surface area contributed by atoms with Gasteiger partial charge in [0.15, 0.2) is 5.60 Å². The molecule has 0 fully saturated rings. The van der Waals surface area contributed by atoms with E-state index in [0.717, 1.165) is 18.6 Å². The summed E-state index contributed by atoms with van der Waals surface area (Å²) in [6, 6.07) is 8.90. The zero-order chi connectivity index (χ0) is 16.6. The van der Waals surface area contributed by atoms with Crippen LogP contribution in [0.4, 0.5) is 8.78 Å². The van der Waals surface area contributed by atoms with E-state index in [1.807, 2.05) is 6.07 Å². The molecule has 7 heteroatoms. The average Bonchev–Trinajstić information content (AvgIpc) is 2.46. The lowest BCUT2D eigenvalue weighted by Crippen LogP contribution is -2.34. The van der Waals surface area contributed by atoms with Gasteiger partial charge >= 0.3 is 7.82 Å². The molecule has 0 bridgehead atoms. The van der Waals surface area contributed by atoms with Gasteiger partial charge in [0, 0.05) is 0 Å².